The van der Waals surface area contributed by atoms with Crippen LogP contribution in [-0.2, 0) is 4.79 Å². The normalized spacial score (nSPS) is 35.4. The molecule has 98 valence electrons. The number of hydrogen-bond acceptors (Lipinski definition) is 1. The Kier molecular flexibility index (Phi) is 4.17. The van der Waals surface area contributed by atoms with Crippen molar-refractivity contribution < 1.29 is 4.79 Å². The average Bonchev–Trinajstić information content (AvgIpc) is 2.96. The molecule has 0 aromatic rings. The third-order valence-electron chi connectivity index (χ3n) is 4.63. The van der Waals surface area contributed by atoms with E-state index in [9.17, 15) is 4.79 Å². The number of nitrogens with one attached hydrogen (secondary N) is 1. The highest BCUT2D eigenvalue weighted by atomic mass is 79.9. The van der Waals surface area contributed by atoms with Crippen molar-refractivity contribution in [2.45, 2.75) is 46.0 Å². The molecule has 0 bridgehead atoms. The molecule has 1 N–H and O–H groups in total. The molecule has 2 saturated carbocycles. The fraction of sp³-hybridized carbons (Fsp3) is 0.929. The number of hydrogen-bond donors (Lipinski definition) is 1. The summed E-state index contributed by atoms with van der Waals surface area (Å²) in [5.41, 5.74) is 0.255. The lowest BCUT2D eigenvalue weighted by Gasteiger charge is -2.30. The Hall–Kier alpha value is -0.0500. The minimum Gasteiger partial charge on any atom is -0.356 e. The van der Waals surface area contributed by atoms with E-state index in [4.69, 9.17) is 0 Å². The molecule has 0 heterocycles. The van der Waals surface area contributed by atoms with E-state index in [2.05, 4.69) is 35.1 Å². The first-order valence-corrected chi connectivity index (χ1v) is 8.00. The van der Waals surface area contributed by atoms with Gasteiger partial charge in [-0.05, 0) is 36.5 Å². The highest BCUT2D eigenvalue weighted by molar-refractivity contribution is 9.09. The molecule has 3 atom stereocenters. The molecule has 0 aromatic heterocycles. The smallest absolute Gasteiger partial charge is 0.223 e. The SMILES string of the molecule is CC1(C)CC1C(=O)NCC1CCCCC1CBr. The monoisotopic (exact) mass is 301 g/mol. The van der Waals surface area contributed by atoms with E-state index in [1.807, 2.05) is 0 Å². The molecule has 3 heteroatoms. The number of carbonyl (C=O) groups is 1. The van der Waals surface area contributed by atoms with Crippen molar-refractivity contribution in [3.05, 3.63) is 0 Å². The summed E-state index contributed by atoms with van der Waals surface area (Å²) in [6.07, 6.45) is 6.35. The second-order valence-electron chi connectivity index (χ2n) is 6.45. The lowest BCUT2D eigenvalue weighted by atomic mass is 9.80. The fourth-order valence-corrected chi connectivity index (χ4v) is 3.88. The number of rotatable bonds is 4. The topological polar surface area (TPSA) is 29.1 Å². The van der Waals surface area contributed by atoms with Crippen molar-refractivity contribution in [2.24, 2.45) is 23.2 Å². The van der Waals surface area contributed by atoms with Crippen molar-refractivity contribution in [1.29, 1.82) is 0 Å². The maximum Gasteiger partial charge on any atom is 0.223 e. The number of amides is 1. The number of alkyl halides is 1. The van der Waals surface area contributed by atoms with Gasteiger partial charge in [0.2, 0.25) is 5.91 Å². The van der Waals surface area contributed by atoms with Gasteiger partial charge in [-0.1, -0.05) is 42.6 Å². The summed E-state index contributed by atoms with van der Waals surface area (Å²) in [5, 5.41) is 4.26. The van der Waals surface area contributed by atoms with Crippen LogP contribution in [0.3, 0.4) is 0 Å². The molecular weight excluding hydrogens is 278 g/mol. The van der Waals surface area contributed by atoms with Crippen LogP contribution in [0.1, 0.15) is 46.0 Å². The summed E-state index contributed by atoms with van der Waals surface area (Å²) >= 11 is 3.61. The summed E-state index contributed by atoms with van der Waals surface area (Å²) in [4.78, 5) is 11.9. The van der Waals surface area contributed by atoms with Gasteiger partial charge in [0, 0.05) is 17.8 Å². The van der Waals surface area contributed by atoms with Crippen molar-refractivity contribution >= 4 is 21.8 Å². The van der Waals surface area contributed by atoms with Crippen LogP contribution in [0.25, 0.3) is 0 Å². The Balaban J connectivity index is 1.75. The second kappa shape index (κ2) is 5.29. The zero-order chi connectivity index (χ0) is 12.5. The van der Waals surface area contributed by atoms with E-state index in [1.54, 1.807) is 0 Å². The summed E-state index contributed by atoms with van der Waals surface area (Å²) in [7, 11) is 0. The lowest BCUT2D eigenvalue weighted by molar-refractivity contribution is -0.123. The Morgan fingerprint density at radius 1 is 1.29 bits per heavy atom. The molecule has 0 aromatic carbocycles. The van der Waals surface area contributed by atoms with Crippen molar-refractivity contribution in [1.82, 2.24) is 5.32 Å². The molecule has 17 heavy (non-hydrogen) atoms. The van der Waals surface area contributed by atoms with Gasteiger partial charge in [-0.3, -0.25) is 4.79 Å². The predicted octanol–water partition coefficient (Wildman–Crippen LogP) is 3.35. The van der Waals surface area contributed by atoms with Gasteiger partial charge in [0.25, 0.3) is 0 Å². The quantitative estimate of drug-likeness (QED) is 0.793. The zero-order valence-corrected chi connectivity index (χ0v) is 12.6. The highest BCUT2D eigenvalue weighted by Crippen LogP contribution is 2.51. The Labute approximate surface area is 113 Å². The largest absolute Gasteiger partial charge is 0.356 e. The maximum absolute atomic E-state index is 11.9. The van der Waals surface area contributed by atoms with Crippen LogP contribution in [-0.4, -0.2) is 17.8 Å². The first-order valence-electron chi connectivity index (χ1n) is 6.88. The van der Waals surface area contributed by atoms with Gasteiger partial charge in [-0.15, -0.1) is 0 Å². The van der Waals surface area contributed by atoms with E-state index in [-0.39, 0.29) is 17.2 Å². The first kappa shape index (κ1) is 13.4. The van der Waals surface area contributed by atoms with Crippen LogP contribution < -0.4 is 5.32 Å². The van der Waals surface area contributed by atoms with Gasteiger partial charge in [0.15, 0.2) is 0 Å². The molecule has 0 saturated heterocycles. The predicted molar refractivity (Wildman–Crippen MR) is 74.1 cm³/mol. The Morgan fingerprint density at radius 3 is 2.41 bits per heavy atom. The minimum atomic E-state index is 0.255. The van der Waals surface area contributed by atoms with Crippen molar-refractivity contribution in [3.63, 3.8) is 0 Å². The summed E-state index contributed by atoms with van der Waals surface area (Å²) < 4.78 is 0. The highest BCUT2D eigenvalue weighted by Gasteiger charge is 2.50. The molecule has 0 aliphatic heterocycles. The van der Waals surface area contributed by atoms with Crippen LogP contribution in [0.5, 0.6) is 0 Å². The molecule has 0 radical (unpaired) electrons. The van der Waals surface area contributed by atoms with Gasteiger partial charge in [-0.2, -0.15) is 0 Å². The average molecular weight is 302 g/mol. The van der Waals surface area contributed by atoms with Crippen molar-refractivity contribution in [3.8, 4) is 0 Å². The van der Waals surface area contributed by atoms with E-state index in [0.717, 1.165) is 24.2 Å². The van der Waals surface area contributed by atoms with Gasteiger partial charge in [-0.25, -0.2) is 0 Å². The lowest BCUT2D eigenvalue weighted by Crippen LogP contribution is -2.36. The van der Waals surface area contributed by atoms with Gasteiger partial charge < -0.3 is 5.32 Å². The third kappa shape index (κ3) is 3.24. The Morgan fingerprint density at radius 2 is 1.88 bits per heavy atom. The Bertz CT molecular complexity index is 290. The van der Waals surface area contributed by atoms with Crippen LogP contribution >= 0.6 is 15.9 Å². The number of carbonyl (C=O) groups excluding carboxylic acids is 1. The van der Waals surface area contributed by atoms with Crippen LogP contribution in [0, 0.1) is 23.2 Å². The standard InChI is InChI=1S/C14H24BrNO/c1-14(2)7-12(14)13(17)16-9-11-6-4-3-5-10(11)8-15/h10-12H,3-9H2,1-2H3,(H,16,17). The van der Waals surface area contributed by atoms with Crippen molar-refractivity contribution in [2.75, 3.05) is 11.9 Å². The summed E-state index contributed by atoms with van der Waals surface area (Å²) in [6, 6.07) is 0. The number of halogens is 1. The van der Waals surface area contributed by atoms with Crippen LogP contribution in [0.15, 0.2) is 0 Å². The summed E-state index contributed by atoms with van der Waals surface area (Å²) in [6.45, 7) is 5.25. The van der Waals surface area contributed by atoms with Crippen LogP contribution in [0.4, 0.5) is 0 Å². The molecule has 2 aliphatic rings. The molecule has 3 unspecified atom stereocenters. The molecule has 2 nitrogen and oxygen atoms in total. The fourth-order valence-electron chi connectivity index (χ4n) is 3.03. The molecule has 2 aliphatic carbocycles. The molecule has 2 rings (SSSR count). The minimum absolute atomic E-state index is 0.255. The molecule has 1 amide bonds. The van der Waals surface area contributed by atoms with E-state index >= 15 is 0 Å². The van der Waals surface area contributed by atoms with Gasteiger partial charge >= 0.3 is 0 Å². The van der Waals surface area contributed by atoms with Gasteiger partial charge in [0.1, 0.15) is 0 Å². The van der Waals surface area contributed by atoms with E-state index in [0.29, 0.717) is 5.92 Å². The van der Waals surface area contributed by atoms with E-state index < -0.39 is 0 Å². The van der Waals surface area contributed by atoms with E-state index in [1.165, 1.54) is 25.7 Å². The molecule has 2 fully saturated rings. The van der Waals surface area contributed by atoms with Gasteiger partial charge in [0.05, 0.1) is 0 Å². The summed E-state index contributed by atoms with van der Waals surface area (Å²) in [5.74, 6) is 2.01. The van der Waals surface area contributed by atoms with Crippen LogP contribution in [0.2, 0.25) is 0 Å². The second-order valence-corrected chi connectivity index (χ2v) is 7.10. The molecular formula is C14H24BrNO. The molecule has 0 spiro atoms. The zero-order valence-electron chi connectivity index (χ0n) is 11.0. The maximum atomic E-state index is 11.9. The first-order chi connectivity index (χ1) is 8.04. The third-order valence-corrected chi connectivity index (χ3v) is 5.46.